The molecule has 3 aromatic carbocycles. The highest BCUT2D eigenvalue weighted by atomic mass is 35.5. The average molecular weight is 449 g/mol. The molecule has 0 N–H and O–H groups in total. The molecule has 0 spiro atoms. The van der Waals surface area contributed by atoms with E-state index in [9.17, 15) is 14.9 Å². The standard InChI is InChI=1S/C24H17ClN2O5/c25-21-10-9-18(27(29)30)15-20(21)23-26-22(24(28)32-23)14-17-7-4-8-19(13-17)31-12-11-16-5-2-1-3-6-16/h1-10,13-15H,11-12H2/b22-14-. The molecule has 0 atom stereocenters. The fraction of sp³-hybridized carbons (Fsp3) is 0.0833. The van der Waals surface area contributed by atoms with Crippen LogP contribution in [0.15, 0.2) is 83.5 Å². The smallest absolute Gasteiger partial charge is 0.363 e. The van der Waals surface area contributed by atoms with Crippen LogP contribution >= 0.6 is 11.6 Å². The van der Waals surface area contributed by atoms with Crippen LogP contribution in [0.25, 0.3) is 6.08 Å². The van der Waals surface area contributed by atoms with Gasteiger partial charge in [0.2, 0.25) is 5.90 Å². The lowest BCUT2D eigenvalue weighted by molar-refractivity contribution is -0.384. The minimum atomic E-state index is -0.669. The lowest BCUT2D eigenvalue weighted by Crippen LogP contribution is -2.06. The first-order valence-electron chi connectivity index (χ1n) is 9.73. The van der Waals surface area contributed by atoms with E-state index in [1.165, 1.54) is 23.8 Å². The van der Waals surface area contributed by atoms with Gasteiger partial charge in [-0.05, 0) is 35.4 Å². The van der Waals surface area contributed by atoms with Crippen LogP contribution in [-0.4, -0.2) is 23.4 Å². The molecule has 1 heterocycles. The molecule has 4 rings (SSSR count). The van der Waals surface area contributed by atoms with Crippen molar-refractivity contribution in [2.24, 2.45) is 4.99 Å². The number of hydrogen-bond acceptors (Lipinski definition) is 6. The summed E-state index contributed by atoms with van der Waals surface area (Å²) in [6, 6.07) is 21.1. The minimum absolute atomic E-state index is 0.0593. The zero-order valence-electron chi connectivity index (χ0n) is 16.7. The fourth-order valence-electron chi connectivity index (χ4n) is 3.10. The van der Waals surface area contributed by atoms with Crippen LogP contribution in [0, 0.1) is 10.1 Å². The number of carbonyl (C=O) groups is 1. The molecule has 0 saturated carbocycles. The second kappa shape index (κ2) is 9.45. The summed E-state index contributed by atoms with van der Waals surface area (Å²) in [6.45, 7) is 0.514. The molecule has 3 aromatic rings. The number of ether oxygens (including phenoxy) is 2. The highest BCUT2D eigenvalue weighted by Crippen LogP contribution is 2.27. The van der Waals surface area contributed by atoms with Gasteiger partial charge in [0.25, 0.3) is 5.69 Å². The first-order valence-corrected chi connectivity index (χ1v) is 10.1. The van der Waals surface area contributed by atoms with E-state index in [0.29, 0.717) is 17.9 Å². The summed E-state index contributed by atoms with van der Waals surface area (Å²) in [5.74, 6) is -0.0873. The van der Waals surface area contributed by atoms with E-state index >= 15 is 0 Å². The Morgan fingerprint density at radius 3 is 2.66 bits per heavy atom. The first kappa shape index (κ1) is 21.3. The highest BCUT2D eigenvalue weighted by Gasteiger charge is 2.27. The minimum Gasteiger partial charge on any atom is -0.493 e. The van der Waals surface area contributed by atoms with Gasteiger partial charge in [-0.1, -0.05) is 54.1 Å². The molecule has 0 amide bonds. The third-order valence-corrected chi connectivity index (χ3v) is 5.01. The van der Waals surface area contributed by atoms with Gasteiger partial charge in [0.15, 0.2) is 5.70 Å². The summed E-state index contributed by atoms with van der Waals surface area (Å²) in [4.78, 5) is 26.9. The van der Waals surface area contributed by atoms with Gasteiger partial charge < -0.3 is 9.47 Å². The molecule has 8 heteroatoms. The molecular weight excluding hydrogens is 432 g/mol. The van der Waals surface area contributed by atoms with E-state index in [-0.39, 0.29) is 27.9 Å². The molecule has 0 radical (unpaired) electrons. The number of nitro groups is 1. The van der Waals surface area contributed by atoms with E-state index in [1.807, 2.05) is 42.5 Å². The van der Waals surface area contributed by atoms with Gasteiger partial charge in [0, 0.05) is 18.6 Å². The van der Waals surface area contributed by atoms with E-state index in [4.69, 9.17) is 21.1 Å². The molecule has 1 aliphatic rings. The first-order chi connectivity index (χ1) is 15.5. The number of esters is 1. The molecule has 7 nitrogen and oxygen atoms in total. The fourth-order valence-corrected chi connectivity index (χ4v) is 3.30. The van der Waals surface area contributed by atoms with E-state index in [2.05, 4.69) is 4.99 Å². The average Bonchev–Trinajstić information content (AvgIpc) is 3.15. The van der Waals surface area contributed by atoms with Crippen molar-refractivity contribution in [3.8, 4) is 5.75 Å². The van der Waals surface area contributed by atoms with Gasteiger partial charge >= 0.3 is 5.97 Å². The zero-order chi connectivity index (χ0) is 22.5. The number of carbonyl (C=O) groups excluding carboxylic acids is 1. The van der Waals surface area contributed by atoms with Gasteiger partial charge in [-0.3, -0.25) is 10.1 Å². The molecule has 32 heavy (non-hydrogen) atoms. The van der Waals surface area contributed by atoms with Crippen molar-refractivity contribution in [1.82, 2.24) is 0 Å². The van der Waals surface area contributed by atoms with Crippen molar-refractivity contribution < 1.29 is 19.2 Å². The number of rotatable bonds is 7. The number of aliphatic imine (C=N–C) groups is 1. The monoisotopic (exact) mass is 448 g/mol. The van der Waals surface area contributed by atoms with Crippen LogP contribution in [-0.2, 0) is 16.0 Å². The molecule has 0 unspecified atom stereocenters. The summed E-state index contributed by atoms with van der Waals surface area (Å²) >= 11 is 6.12. The molecule has 0 aliphatic carbocycles. The van der Waals surface area contributed by atoms with Crippen LogP contribution in [0.3, 0.4) is 0 Å². The Balaban J connectivity index is 1.51. The second-order valence-corrected chi connectivity index (χ2v) is 7.32. The Kier molecular flexibility index (Phi) is 6.28. The number of halogens is 1. The van der Waals surface area contributed by atoms with Crippen LogP contribution in [0.1, 0.15) is 16.7 Å². The van der Waals surface area contributed by atoms with E-state index in [1.54, 1.807) is 18.2 Å². The molecule has 160 valence electrons. The van der Waals surface area contributed by atoms with Crippen LogP contribution < -0.4 is 4.74 Å². The van der Waals surface area contributed by atoms with Crippen molar-refractivity contribution in [2.45, 2.75) is 6.42 Å². The van der Waals surface area contributed by atoms with Crippen LogP contribution in [0.4, 0.5) is 5.69 Å². The Labute approximate surface area is 188 Å². The summed E-state index contributed by atoms with van der Waals surface area (Å²) in [7, 11) is 0. The quantitative estimate of drug-likeness (QED) is 0.214. The van der Waals surface area contributed by atoms with Gasteiger partial charge in [0.05, 0.1) is 22.1 Å². The maximum atomic E-state index is 12.3. The predicted molar refractivity (Wildman–Crippen MR) is 121 cm³/mol. The third-order valence-electron chi connectivity index (χ3n) is 4.68. The number of non-ortho nitro benzene ring substituents is 1. The van der Waals surface area contributed by atoms with Gasteiger partial charge in [-0.25, -0.2) is 9.79 Å². The second-order valence-electron chi connectivity index (χ2n) is 6.91. The lowest BCUT2D eigenvalue weighted by atomic mass is 10.1. The maximum absolute atomic E-state index is 12.3. The van der Waals surface area contributed by atoms with Crippen molar-refractivity contribution in [1.29, 1.82) is 0 Å². The predicted octanol–water partition coefficient (Wildman–Crippen LogP) is 5.21. The summed E-state index contributed by atoms with van der Waals surface area (Å²) in [6.07, 6.45) is 2.33. The SMILES string of the molecule is O=C1OC(c2cc([N+](=O)[O-])ccc2Cl)=N/C1=C\c1cccc(OCCc2ccccc2)c1. The van der Waals surface area contributed by atoms with Crippen molar-refractivity contribution in [2.75, 3.05) is 6.61 Å². The van der Waals surface area contributed by atoms with Crippen molar-refractivity contribution >= 4 is 35.2 Å². The number of benzene rings is 3. The number of nitrogens with zero attached hydrogens (tertiary/aromatic N) is 2. The number of cyclic esters (lactones) is 1. The zero-order valence-corrected chi connectivity index (χ0v) is 17.5. The Morgan fingerprint density at radius 2 is 1.88 bits per heavy atom. The van der Waals surface area contributed by atoms with Gasteiger partial charge in [-0.15, -0.1) is 0 Å². The molecular formula is C24H17ClN2O5. The van der Waals surface area contributed by atoms with Crippen LogP contribution in [0.2, 0.25) is 5.02 Å². The van der Waals surface area contributed by atoms with Crippen molar-refractivity contribution in [3.63, 3.8) is 0 Å². The molecule has 0 fully saturated rings. The maximum Gasteiger partial charge on any atom is 0.363 e. The lowest BCUT2D eigenvalue weighted by Gasteiger charge is -2.07. The summed E-state index contributed by atoms with van der Waals surface area (Å²) in [5.41, 5.74) is 1.94. The summed E-state index contributed by atoms with van der Waals surface area (Å²) < 4.78 is 11.0. The van der Waals surface area contributed by atoms with Gasteiger partial charge in [0.1, 0.15) is 5.75 Å². The largest absolute Gasteiger partial charge is 0.493 e. The topological polar surface area (TPSA) is 91.0 Å². The van der Waals surface area contributed by atoms with Crippen molar-refractivity contribution in [3.05, 3.63) is 110 Å². The molecule has 0 saturated heterocycles. The van der Waals surface area contributed by atoms with E-state index in [0.717, 1.165) is 6.42 Å². The van der Waals surface area contributed by atoms with Crippen LogP contribution in [0.5, 0.6) is 5.75 Å². The Morgan fingerprint density at radius 1 is 1.06 bits per heavy atom. The van der Waals surface area contributed by atoms with Gasteiger partial charge in [-0.2, -0.15) is 0 Å². The highest BCUT2D eigenvalue weighted by molar-refractivity contribution is 6.34. The number of hydrogen-bond donors (Lipinski definition) is 0. The summed E-state index contributed by atoms with van der Waals surface area (Å²) in [5, 5.41) is 11.2. The Bertz CT molecular complexity index is 1240. The molecule has 0 aromatic heterocycles. The Hall–Kier alpha value is -3.97. The molecule has 1 aliphatic heterocycles. The molecule has 0 bridgehead atoms. The van der Waals surface area contributed by atoms with E-state index < -0.39 is 10.9 Å². The normalized spacial score (nSPS) is 14.2. The third kappa shape index (κ3) is 5.01. The number of nitro benzene ring substituents is 1.